The first-order chi connectivity index (χ1) is 13.6. The summed E-state index contributed by atoms with van der Waals surface area (Å²) in [7, 11) is 0. The minimum Gasteiger partial charge on any atom is -0.337 e. The standard InChI is InChI=1S/C20H22FN5O2/c21-17-3-1-15(2-4-17)13-26-10-8-24-7-9-25(6-5-18(24)20(26)28)19(27)16-11-22-14-23-12-16/h1-4,11-12,14,18H,5-10,13H2. The van der Waals surface area contributed by atoms with E-state index in [1.165, 1.54) is 30.9 Å². The lowest BCUT2D eigenvalue weighted by atomic mass is 10.1. The minimum absolute atomic E-state index is 0.0768. The molecule has 0 radical (unpaired) electrons. The second kappa shape index (κ2) is 8.02. The molecule has 2 amide bonds. The lowest BCUT2D eigenvalue weighted by Gasteiger charge is -2.39. The average Bonchev–Trinajstić information content (AvgIpc) is 2.95. The molecule has 28 heavy (non-hydrogen) atoms. The molecule has 2 aliphatic heterocycles. The van der Waals surface area contributed by atoms with Crippen molar-refractivity contribution in [1.82, 2.24) is 24.7 Å². The third kappa shape index (κ3) is 3.87. The van der Waals surface area contributed by atoms with Gasteiger partial charge in [0.25, 0.3) is 5.91 Å². The van der Waals surface area contributed by atoms with E-state index in [0.29, 0.717) is 44.7 Å². The van der Waals surface area contributed by atoms with Gasteiger partial charge < -0.3 is 9.80 Å². The van der Waals surface area contributed by atoms with E-state index in [1.807, 2.05) is 4.90 Å². The Morgan fingerprint density at radius 3 is 2.50 bits per heavy atom. The van der Waals surface area contributed by atoms with E-state index in [0.717, 1.165) is 12.1 Å². The second-order valence-electron chi connectivity index (χ2n) is 7.15. The number of fused-ring (bicyclic) bond motifs is 1. The van der Waals surface area contributed by atoms with E-state index >= 15 is 0 Å². The Kier molecular flexibility index (Phi) is 5.29. The Bertz CT molecular complexity index is 845. The van der Waals surface area contributed by atoms with Crippen LogP contribution < -0.4 is 0 Å². The van der Waals surface area contributed by atoms with Crippen molar-refractivity contribution in [3.05, 3.63) is 59.9 Å². The van der Waals surface area contributed by atoms with Gasteiger partial charge in [-0.15, -0.1) is 0 Å². The van der Waals surface area contributed by atoms with Crippen LogP contribution in [0.4, 0.5) is 4.39 Å². The van der Waals surface area contributed by atoms with Crippen LogP contribution in [0.1, 0.15) is 22.3 Å². The average molecular weight is 383 g/mol. The Morgan fingerprint density at radius 2 is 1.75 bits per heavy atom. The minimum atomic E-state index is -0.280. The molecular weight excluding hydrogens is 361 g/mol. The molecule has 1 unspecified atom stereocenters. The topological polar surface area (TPSA) is 69.6 Å². The molecule has 1 aromatic heterocycles. The molecular formula is C20H22FN5O2. The van der Waals surface area contributed by atoms with Crippen LogP contribution in [-0.2, 0) is 11.3 Å². The van der Waals surface area contributed by atoms with Gasteiger partial charge in [-0.05, 0) is 24.1 Å². The zero-order chi connectivity index (χ0) is 19.5. The number of carbonyl (C=O) groups is 2. The molecule has 146 valence electrons. The molecule has 3 heterocycles. The predicted octanol–water partition coefficient (Wildman–Crippen LogP) is 1.17. The van der Waals surface area contributed by atoms with E-state index < -0.39 is 0 Å². The van der Waals surface area contributed by atoms with Gasteiger partial charge >= 0.3 is 0 Å². The van der Waals surface area contributed by atoms with Gasteiger partial charge in [0.05, 0.1) is 11.6 Å². The summed E-state index contributed by atoms with van der Waals surface area (Å²) in [6.07, 6.45) is 5.03. The number of aromatic nitrogens is 2. The number of amides is 2. The normalized spacial score (nSPS) is 20.6. The van der Waals surface area contributed by atoms with Crippen molar-refractivity contribution in [1.29, 1.82) is 0 Å². The number of hydrogen-bond donors (Lipinski definition) is 0. The van der Waals surface area contributed by atoms with E-state index in [9.17, 15) is 14.0 Å². The van der Waals surface area contributed by atoms with Crippen molar-refractivity contribution >= 4 is 11.8 Å². The number of benzene rings is 1. The van der Waals surface area contributed by atoms with Crippen molar-refractivity contribution < 1.29 is 14.0 Å². The first-order valence-corrected chi connectivity index (χ1v) is 9.43. The molecule has 4 rings (SSSR count). The van der Waals surface area contributed by atoms with E-state index in [2.05, 4.69) is 14.9 Å². The van der Waals surface area contributed by atoms with Gasteiger partial charge in [0.15, 0.2) is 0 Å². The summed E-state index contributed by atoms with van der Waals surface area (Å²) in [5.74, 6) is -0.304. The number of rotatable bonds is 3. The van der Waals surface area contributed by atoms with Crippen LogP contribution in [-0.4, -0.2) is 75.2 Å². The lowest BCUT2D eigenvalue weighted by molar-refractivity contribution is -0.142. The zero-order valence-corrected chi connectivity index (χ0v) is 15.5. The summed E-state index contributed by atoms with van der Waals surface area (Å²) in [6.45, 7) is 3.65. The maximum absolute atomic E-state index is 13.1. The fourth-order valence-corrected chi connectivity index (χ4v) is 3.86. The largest absolute Gasteiger partial charge is 0.337 e. The second-order valence-corrected chi connectivity index (χ2v) is 7.15. The molecule has 0 N–H and O–H groups in total. The SMILES string of the molecule is O=C(c1cncnc1)N1CCC2C(=O)N(Cc3ccc(F)cc3)CCN2CC1. The maximum atomic E-state index is 13.1. The van der Waals surface area contributed by atoms with Gasteiger partial charge in [-0.2, -0.15) is 0 Å². The molecule has 2 saturated heterocycles. The van der Waals surface area contributed by atoms with Gasteiger partial charge in [0.2, 0.25) is 5.91 Å². The van der Waals surface area contributed by atoms with Crippen molar-refractivity contribution in [2.75, 3.05) is 32.7 Å². The summed E-state index contributed by atoms with van der Waals surface area (Å²) in [5, 5.41) is 0. The van der Waals surface area contributed by atoms with Crippen LogP contribution in [0.2, 0.25) is 0 Å². The number of halogens is 1. The molecule has 2 fully saturated rings. The summed E-state index contributed by atoms with van der Waals surface area (Å²) in [4.78, 5) is 39.3. The lowest BCUT2D eigenvalue weighted by Crippen LogP contribution is -2.56. The van der Waals surface area contributed by atoms with Crippen molar-refractivity contribution in [2.45, 2.75) is 19.0 Å². The third-order valence-corrected chi connectivity index (χ3v) is 5.41. The molecule has 0 bridgehead atoms. The Hall–Kier alpha value is -2.87. The third-order valence-electron chi connectivity index (χ3n) is 5.41. The van der Waals surface area contributed by atoms with Crippen molar-refractivity contribution in [3.8, 4) is 0 Å². The highest BCUT2D eigenvalue weighted by molar-refractivity contribution is 5.93. The Morgan fingerprint density at radius 1 is 1.04 bits per heavy atom. The smallest absolute Gasteiger partial charge is 0.257 e. The van der Waals surface area contributed by atoms with Crippen molar-refractivity contribution in [2.24, 2.45) is 0 Å². The Labute approximate surface area is 162 Å². The first kappa shape index (κ1) is 18.5. The fraction of sp³-hybridized carbons (Fsp3) is 0.400. The number of piperazine rings is 1. The molecule has 1 atom stereocenters. The summed E-state index contributed by atoms with van der Waals surface area (Å²) >= 11 is 0. The summed E-state index contributed by atoms with van der Waals surface area (Å²) in [5.41, 5.74) is 1.38. The van der Waals surface area contributed by atoms with Gasteiger partial charge in [-0.1, -0.05) is 12.1 Å². The molecule has 1 aromatic carbocycles. The number of carbonyl (C=O) groups excluding carboxylic acids is 2. The highest BCUT2D eigenvalue weighted by Gasteiger charge is 2.37. The van der Waals surface area contributed by atoms with Gasteiger partial charge in [-0.3, -0.25) is 14.5 Å². The number of hydrogen-bond acceptors (Lipinski definition) is 5. The maximum Gasteiger partial charge on any atom is 0.257 e. The first-order valence-electron chi connectivity index (χ1n) is 9.43. The van der Waals surface area contributed by atoms with Gasteiger partial charge in [0.1, 0.15) is 12.1 Å². The van der Waals surface area contributed by atoms with Gasteiger partial charge in [0, 0.05) is 51.7 Å². The van der Waals surface area contributed by atoms with Crippen LogP contribution in [0.25, 0.3) is 0 Å². The zero-order valence-electron chi connectivity index (χ0n) is 15.5. The van der Waals surface area contributed by atoms with Crippen LogP contribution in [0.3, 0.4) is 0 Å². The van der Waals surface area contributed by atoms with E-state index in [1.54, 1.807) is 17.0 Å². The van der Waals surface area contributed by atoms with E-state index in [4.69, 9.17) is 0 Å². The summed E-state index contributed by atoms with van der Waals surface area (Å²) < 4.78 is 13.1. The van der Waals surface area contributed by atoms with Gasteiger partial charge in [-0.25, -0.2) is 14.4 Å². The molecule has 2 aromatic rings. The molecule has 0 saturated carbocycles. The van der Waals surface area contributed by atoms with Crippen LogP contribution in [0, 0.1) is 5.82 Å². The molecule has 0 aliphatic carbocycles. The van der Waals surface area contributed by atoms with Crippen LogP contribution in [0.5, 0.6) is 0 Å². The molecule has 0 spiro atoms. The van der Waals surface area contributed by atoms with E-state index in [-0.39, 0.29) is 23.7 Å². The highest BCUT2D eigenvalue weighted by Crippen LogP contribution is 2.21. The molecule has 7 nitrogen and oxygen atoms in total. The highest BCUT2D eigenvalue weighted by atomic mass is 19.1. The van der Waals surface area contributed by atoms with Crippen LogP contribution >= 0.6 is 0 Å². The summed E-state index contributed by atoms with van der Waals surface area (Å²) in [6, 6.07) is 6.03. The Balaban J connectivity index is 1.42. The molecule has 2 aliphatic rings. The quantitative estimate of drug-likeness (QED) is 0.796. The predicted molar refractivity (Wildman–Crippen MR) is 99.7 cm³/mol. The van der Waals surface area contributed by atoms with Crippen molar-refractivity contribution in [3.63, 3.8) is 0 Å². The monoisotopic (exact) mass is 383 g/mol. The molecule has 8 heteroatoms. The fourth-order valence-electron chi connectivity index (χ4n) is 3.86. The number of nitrogens with zero attached hydrogens (tertiary/aromatic N) is 5. The van der Waals surface area contributed by atoms with Crippen LogP contribution in [0.15, 0.2) is 43.0 Å².